The van der Waals surface area contributed by atoms with Gasteiger partial charge in [-0.3, -0.25) is 0 Å². The van der Waals surface area contributed by atoms with Crippen molar-refractivity contribution >= 4 is 31.4 Å². The van der Waals surface area contributed by atoms with E-state index in [1.54, 1.807) is 13.0 Å². The van der Waals surface area contributed by atoms with E-state index in [4.69, 9.17) is 5.14 Å². The summed E-state index contributed by atoms with van der Waals surface area (Å²) >= 11 is 1.06. The van der Waals surface area contributed by atoms with Crippen molar-refractivity contribution in [3.8, 4) is 0 Å². The molecule has 0 spiro atoms. The van der Waals surface area contributed by atoms with E-state index < -0.39 is 20.0 Å². The number of aryl methyl sites for hydroxylation is 1. The van der Waals surface area contributed by atoms with Gasteiger partial charge in [-0.1, -0.05) is 12.1 Å². The van der Waals surface area contributed by atoms with E-state index in [1.165, 1.54) is 24.4 Å². The summed E-state index contributed by atoms with van der Waals surface area (Å²) < 4.78 is 49.0. The van der Waals surface area contributed by atoms with E-state index in [9.17, 15) is 16.8 Å². The molecular weight excluding hydrogens is 334 g/mol. The molecule has 2 aromatic rings. The molecule has 0 unspecified atom stereocenters. The zero-order chi connectivity index (χ0) is 15.7. The van der Waals surface area contributed by atoms with Gasteiger partial charge in [-0.05, 0) is 24.6 Å². The van der Waals surface area contributed by atoms with E-state index in [-0.39, 0.29) is 15.6 Å². The van der Waals surface area contributed by atoms with Crippen LogP contribution in [-0.2, 0) is 26.6 Å². The van der Waals surface area contributed by atoms with Crippen LogP contribution in [0.15, 0.2) is 39.6 Å². The molecule has 0 radical (unpaired) electrons. The highest BCUT2D eigenvalue weighted by Crippen LogP contribution is 2.18. The summed E-state index contributed by atoms with van der Waals surface area (Å²) in [7, 11) is -7.47. The van der Waals surface area contributed by atoms with Crippen molar-refractivity contribution < 1.29 is 16.8 Å². The highest BCUT2D eigenvalue weighted by molar-refractivity contribution is 7.91. The molecule has 0 saturated heterocycles. The molecule has 0 aliphatic rings. The second-order valence-corrected chi connectivity index (χ2v) is 9.01. The van der Waals surface area contributed by atoms with Crippen molar-refractivity contribution in [2.75, 3.05) is 0 Å². The third-order valence-corrected chi connectivity index (χ3v) is 6.24. The highest BCUT2D eigenvalue weighted by atomic mass is 32.2. The average Bonchev–Trinajstić information content (AvgIpc) is 2.83. The van der Waals surface area contributed by atoms with Gasteiger partial charge >= 0.3 is 0 Å². The van der Waals surface area contributed by atoms with Crippen LogP contribution in [0.2, 0.25) is 0 Å². The number of hydrogen-bond donors (Lipinski definition) is 2. The topological polar surface area (TPSA) is 119 Å². The third-order valence-electron chi connectivity index (χ3n) is 2.56. The van der Waals surface area contributed by atoms with Crippen molar-refractivity contribution in [3.05, 3.63) is 41.0 Å². The zero-order valence-corrected chi connectivity index (χ0v) is 13.4. The first-order chi connectivity index (χ1) is 9.68. The van der Waals surface area contributed by atoms with Crippen LogP contribution in [0.25, 0.3) is 0 Å². The lowest BCUT2D eigenvalue weighted by Crippen LogP contribution is -2.22. The summed E-state index contributed by atoms with van der Waals surface area (Å²) in [5.74, 6) is 0. The molecule has 7 nitrogen and oxygen atoms in total. The molecule has 10 heteroatoms. The van der Waals surface area contributed by atoms with E-state index in [2.05, 4.69) is 9.71 Å². The Morgan fingerprint density at radius 1 is 1.29 bits per heavy atom. The first kappa shape index (κ1) is 16.0. The maximum Gasteiger partial charge on any atom is 0.251 e. The Morgan fingerprint density at radius 3 is 2.57 bits per heavy atom. The minimum absolute atomic E-state index is 0.0390. The fraction of sp³-hybridized carbons (Fsp3) is 0.182. The molecule has 1 heterocycles. The maximum atomic E-state index is 12.0. The molecule has 21 heavy (non-hydrogen) atoms. The molecule has 0 bridgehead atoms. The van der Waals surface area contributed by atoms with Gasteiger partial charge in [0, 0.05) is 6.54 Å². The molecule has 0 amide bonds. The Morgan fingerprint density at radius 2 is 2.00 bits per heavy atom. The minimum Gasteiger partial charge on any atom is -0.249 e. The van der Waals surface area contributed by atoms with Crippen LogP contribution >= 0.6 is 11.3 Å². The number of primary sulfonamides is 1. The number of hydrogen-bond acceptors (Lipinski definition) is 6. The number of nitrogens with two attached hydrogens (primary N) is 1. The summed E-state index contributed by atoms with van der Waals surface area (Å²) in [4.78, 5) is 3.83. The van der Waals surface area contributed by atoms with Crippen molar-refractivity contribution in [1.29, 1.82) is 0 Å². The maximum absolute atomic E-state index is 12.0. The second-order valence-electron chi connectivity index (χ2n) is 4.22. The normalized spacial score (nSPS) is 12.5. The summed E-state index contributed by atoms with van der Waals surface area (Å²) in [6.07, 6.45) is 1.28. The van der Waals surface area contributed by atoms with E-state index >= 15 is 0 Å². The minimum atomic E-state index is -3.81. The molecule has 0 atom stereocenters. The van der Waals surface area contributed by atoms with Crippen molar-refractivity contribution in [2.24, 2.45) is 5.14 Å². The predicted molar refractivity (Wildman–Crippen MR) is 78.7 cm³/mol. The van der Waals surface area contributed by atoms with Crippen LogP contribution in [0.5, 0.6) is 0 Å². The summed E-state index contributed by atoms with van der Waals surface area (Å²) in [6.45, 7) is 1.67. The third kappa shape index (κ3) is 4.08. The van der Waals surface area contributed by atoms with Gasteiger partial charge in [-0.15, -0.1) is 11.3 Å². The van der Waals surface area contributed by atoms with Crippen molar-refractivity contribution in [3.63, 3.8) is 0 Å². The van der Waals surface area contributed by atoms with Crippen LogP contribution < -0.4 is 9.86 Å². The molecule has 0 fully saturated rings. The zero-order valence-electron chi connectivity index (χ0n) is 11.0. The Bertz CT molecular complexity index is 856. The number of rotatable bonds is 5. The van der Waals surface area contributed by atoms with Crippen LogP contribution in [-0.4, -0.2) is 21.8 Å². The van der Waals surface area contributed by atoms with Gasteiger partial charge in [0.1, 0.15) is 0 Å². The lowest BCUT2D eigenvalue weighted by Gasteiger charge is -2.06. The molecule has 1 aromatic carbocycles. The lowest BCUT2D eigenvalue weighted by molar-refractivity contribution is 0.583. The molecule has 0 aliphatic heterocycles. The largest absolute Gasteiger partial charge is 0.251 e. The quantitative estimate of drug-likeness (QED) is 0.820. The molecule has 0 saturated carbocycles. The molecule has 1 aromatic heterocycles. The smallest absolute Gasteiger partial charge is 0.249 e. The number of benzene rings is 1. The van der Waals surface area contributed by atoms with Crippen LogP contribution in [0.4, 0.5) is 0 Å². The standard InChI is InChI=1S/C11H13N3O4S3/c1-8-13-7-11(19-8)21(17,18)14-6-9-3-2-4-10(5-9)20(12,15)16/h2-5,7,14H,6H2,1H3,(H2,12,15,16). The Labute approximate surface area is 126 Å². The highest BCUT2D eigenvalue weighted by Gasteiger charge is 2.17. The fourth-order valence-corrected chi connectivity index (χ4v) is 4.30. The number of thiazole rings is 1. The SMILES string of the molecule is Cc1ncc(S(=O)(=O)NCc2cccc(S(N)(=O)=O)c2)s1. The number of nitrogens with zero attached hydrogens (tertiary/aromatic N) is 1. The lowest BCUT2D eigenvalue weighted by atomic mass is 10.2. The molecule has 2 rings (SSSR count). The Balaban J connectivity index is 2.17. The van der Waals surface area contributed by atoms with Gasteiger partial charge in [-0.25, -0.2) is 31.7 Å². The Kier molecular flexibility index (Phi) is 4.44. The van der Waals surface area contributed by atoms with Gasteiger partial charge in [-0.2, -0.15) is 0 Å². The fourth-order valence-electron chi connectivity index (χ4n) is 1.55. The monoisotopic (exact) mass is 347 g/mol. The second kappa shape index (κ2) is 5.81. The van der Waals surface area contributed by atoms with Crippen LogP contribution in [0.1, 0.15) is 10.6 Å². The first-order valence-electron chi connectivity index (χ1n) is 5.72. The average molecular weight is 347 g/mol. The molecular formula is C11H13N3O4S3. The molecule has 0 aliphatic carbocycles. The number of aromatic nitrogens is 1. The van der Waals surface area contributed by atoms with Gasteiger partial charge in [0.15, 0.2) is 4.21 Å². The van der Waals surface area contributed by atoms with Crippen LogP contribution in [0.3, 0.4) is 0 Å². The summed E-state index contributed by atoms with van der Waals surface area (Å²) in [5, 5.41) is 5.67. The van der Waals surface area contributed by atoms with Crippen molar-refractivity contribution in [1.82, 2.24) is 9.71 Å². The van der Waals surface area contributed by atoms with Crippen molar-refractivity contribution in [2.45, 2.75) is 22.6 Å². The van der Waals surface area contributed by atoms with E-state index in [1.807, 2.05) is 0 Å². The molecule has 3 N–H and O–H groups in total. The predicted octanol–water partition coefficient (Wildman–Crippen LogP) is 0.577. The summed E-state index contributed by atoms with van der Waals surface area (Å²) in [6, 6.07) is 5.78. The molecule has 114 valence electrons. The number of nitrogens with one attached hydrogen (secondary N) is 1. The van der Waals surface area contributed by atoms with Gasteiger partial charge < -0.3 is 0 Å². The van der Waals surface area contributed by atoms with E-state index in [0.717, 1.165) is 11.3 Å². The van der Waals surface area contributed by atoms with E-state index in [0.29, 0.717) is 10.6 Å². The number of sulfonamides is 2. The van der Waals surface area contributed by atoms with Crippen LogP contribution in [0, 0.1) is 6.92 Å². The van der Waals surface area contributed by atoms with Gasteiger partial charge in [0.2, 0.25) is 10.0 Å². The summed E-state index contributed by atoms with van der Waals surface area (Å²) in [5.41, 5.74) is 0.492. The Hall–Kier alpha value is -1.33. The van der Waals surface area contributed by atoms with Gasteiger partial charge in [0.25, 0.3) is 10.0 Å². The van der Waals surface area contributed by atoms with Gasteiger partial charge in [0.05, 0.1) is 16.1 Å². The first-order valence-corrected chi connectivity index (χ1v) is 9.57.